The first kappa shape index (κ1) is 24.3. The van der Waals surface area contributed by atoms with Crippen molar-refractivity contribution < 1.29 is 28.9 Å². The number of likely N-dealkylation sites (tertiary alicyclic amines) is 1. The second-order valence-electron chi connectivity index (χ2n) is 7.75. The second-order valence-corrected chi connectivity index (χ2v) is 8.66. The third kappa shape index (κ3) is 4.59. The summed E-state index contributed by atoms with van der Waals surface area (Å²) in [5.74, 6) is -0.679. The lowest BCUT2D eigenvalue weighted by Gasteiger charge is -2.26. The predicted molar refractivity (Wildman–Crippen MR) is 132 cm³/mol. The number of aromatic nitrogens is 1. The lowest BCUT2D eigenvalue weighted by molar-refractivity contribution is -0.140. The molecule has 1 amide bonds. The van der Waals surface area contributed by atoms with Crippen molar-refractivity contribution in [3.63, 3.8) is 0 Å². The van der Waals surface area contributed by atoms with E-state index in [2.05, 4.69) is 20.9 Å². The van der Waals surface area contributed by atoms with Crippen molar-refractivity contribution in [1.82, 2.24) is 9.88 Å². The molecule has 1 atom stereocenters. The molecule has 9 heteroatoms. The van der Waals surface area contributed by atoms with Gasteiger partial charge >= 0.3 is 0 Å². The Morgan fingerprint density at radius 3 is 2.11 bits per heavy atom. The zero-order chi connectivity index (χ0) is 25.1. The van der Waals surface area contributed by atoms with Crippen LogP contribution >= 0.6 is 15.9 Å². The topological polar surface area (TPSA) is 98.2 Å². The third-order valence-corrected chi connectivity index (χ3v) is 6.29. The highest BCUT2D eigenvalue weighted by molar-refractivity contribution is 9.10. The number of Topliss-reactive ketones (excluding diaryl/α,β-unsaturated/α-hetero) is 1. The number of aliphatic hydroxyl groups excluding tert-OH is 1. The van der Waals surface area contributed by atoms with Crippen LogP contribution in [0.3, 0.4) is 0 Å². The van der Waals surface area contributed by atoms with Crippen LogP contribution in [0, 0.1) is 0 Å². The first-order valence-electron chi connectivity index (χ1n) is 10.6. The summed E-state index contributed by atoms with van der Waals surface area (Å²) in [5.41, 5.74) is 1.68. The fourth-order valence-corrected chi connectivity index (χ4v) is 4.36. The Bertz CT molecular complexity index is 1270. The van der Waals surface area contributed by atoms with E-state index in [0.29, 0.717) is 28.4 Å². The molecule has 1 N–H and O–H groups in total. The van der Waals surface area contributed by atoms with E-state index in [4.69, 9.17) is 14.2 Å². The van der Waals surface area contributed by atoms with E-state index in [-0.39, 0.29) is 17.9 Å². The molecule has 4 rings (SSSR count). The minimum Gasteiger partial charge on any atom is -0.507 e. The van der Waals surface area contributed by atoms with E-state index >= 15 is 0 Å². The molecule has 0 aliphatic carbocycles. The third-order valence-electron chi connectivity index (χ3n) is 5.76. The van der Waals surface area contributed by atoms with Crippen LogP contribution in [0.5, 0.6) is 17.2 Å². The summed E-state index contributed by atoms with van der Waals surface area (Å²) in [6.07, 6.45) is 3.23. The maximum absolute atomic E-state index is 13.3. The molecule has 0 bridgehead atoms. The Morgan fingerprint density at radius 2 is 1.57 bits per heavy atom. The highest BCUT2D eigenvalue weighted by Crippen LogP contribution is 2.46. The van der Waals surface area contributed by atoms with Gasteiger partial charge in [-0.1, -0.05) is 28.1 Å². The number of amides is 1. The summed E-state index contributed by atoms with van der Waals surface area (Å²) >= 11 is 3.37. The number of carbonyl (C=O) groups excluding carboxylic acids is 2. The van der Waals surface area contributed by atoms with Gasteiger partial charge in [-0.25, -0.2) is 0 Å². The maximum atomic E-state index is 13.3. The van der Waals surface area contributed by atoms with Gasteiger partial charge in [0.2, 0.25) is 5.75 Å². The number of hydrogen-bond donors (Lipinski definition) is 1. The van der Waals surface area contributed by atoms with Gasteiger partial charge in [0, 0.05) is 29.0 Å². The number of pyridine rings is 1. The summed E-state index contributed by atoms with van der Waals surface area (Å²) in [6, 6.07) is 12.8. The highest BCUT2D eigenvalue weighted by Gasteiger charge is 2.46. The zero-order valence-corrected chi connectivity index (χ0v) is 20.9. The molecule has 180 valence electrons. The minimum atomic E-state index is -0.902. The highest BCUT2D eigenvalue weighted by atomic mass is 79.9. The summed E-state index contributed by atoms with van der Waals surface area (Å²) in [6.45, 7) is 0.130. The lowest BCUT2D eigenvalue weighted by atomic mass is 9.94. The van der Waals surface area contributed by atoms with Crippen LogP contribution in [-0.2, 0) is 16.1 Å². The molecule has 8 nitrogen and oxygen atoms in total. The molecule has 0 radical (unpaired) electrons. The molecule has 1 aliphatic heterocycles. The van der Waals surface area contributed by atoms with E-state index in [9.17, 15) is 14.7 Å². The molecule has 1 fully saturated rings. The minimum absolute atomic E-state index is 0.0272. The van der Waals surface area contributed by atoms with Crippen molar-refractivity contribution in [3.8, 4) is 17.2 Å². The van der Waals surface area contributed by atoms with Crippen molar-refractivity contribution in [2.45, 2.75) is 12.6 Å². The molecule has 2 heterocycles. The van der Waals surface area contributed by atoms with E-state index in [1.165, 1.54) is 26.2 Å². The van der Waals surface area contributed by atoms with Crippen LogP contribution in [-0.4, -0.2) is 48.0 Å². The van der Waals surface area contributed by atoms with E-state index in [0.717, 1.165) is 10.0 Å². The number of carbonyl (C=O) groups is 2. The molecule has 2 aromatic carbocycles. The van der Waals surface area contributed by atoms with E-state index < -0.39 is 17.7 Å². The number of methoxy groups -OCH3 is 3. The van der Waals surface area contributed by atoms with Gasteiger partial charge in [-0.05, 0) is 47.5 Å². The van der Waals surface area contributed by atoms with Gasteiger partial charge in [0.15, 0.2) is 11.5 Å². The Balaban J connectivity index is 1.94. The second kappa shape index (κ2) is 10.2. The molecule has 1 unspecified atom stereocenters. The molecule has 1 aliphatic rings. The number of ether oxygens (including phenoxy) is 3. The first-order chi connectivity index (χ1) is 16.9. The van der Waals surface area contributed by atoms with Crippen LogP contribution in [0.2, 0.25) is 0 Å². The number of halogens is 1. The molecule has 1 aromatic heterocycles. The van der Waals surface area contributed by atoms with Crippen molar-refractivity contribution in [2.24, 2.45) is 0 Å². The number of ketones is 1. The van der Waals surface area contributed by atoms with E-state index in [1.807, 2.05) is 0 Å². The number of aliphatic hydroxyl groups is 1. The molecule has 35 heavy (non-hydrogen) atoms. The van der Waals surface area contributed by atoms with Crippen LogP contribution in [0.1, 0.15) is 22.7 Å². The quantitative estimate of drug-likeness (QED) is 0.268. The van der Waals surface area contributed by atoms with Crippen LogP contribution < -0.4 is 14.2 Å². The summed E-state index contributed by atoms with van der Waals surface area (Å²) < 4.78 is 17.2. The van der Waals surface area contributed by atoms with Gasteiger partial charge in [0.25, 0.3) is 11.7 Å². The average Bonchev–Trinajstić information content (AvgIpc) is 3.13. The average molecular weight is 539 g/mol. The SMILES string of the molecule is COc1cc(C2/C(=C(\O)c3ccc(Br)cc3)C(=O)C(=O)N2Cc2ccncc2)cc(OC)c1OC. The monoisotopic (exact) mass is 538 g/mol. The van der Waals surface area contributed by atoms with Gasteiger partial charge in [-0.3, -0.25) is 14.6 Å². The number of hydrogen-bond acceptors (Lipinski definition) is 7. The zero-order valence-electron chi connectivity index (χ0n) is 19.3. The molecule has 0 saturated carbocycles. The van der Waals surface area contributed by atoms with Gasteiger partial charge in [-0.2, -0.15) is 0 Å². The van der Waals surface area contributed by atoms with Crippen LogP contribution in [0.15, 0.2) is 71.0 Å². The fraction of sp³-hybridized carbons (Fsp3) is 0.192. The summed E-state index contributed by atoms with van der Waals surface area (Å²) in [4.78, 5) is 32.0. The molecule has 0 spiro atoms. The van der Waals surface area contributed by atoms with Crippen LogP contribution in [0.25, 0.3) is 5.76 Å². The van der Waals surface area contributed by atoms with Gasteiger partial charge in [0.05, 0.1) is 32.9 Å². The molecular weight excluding hydrogens is 516 g/mol. The fourth-order valence-electron chi connectivity index (χ4n) is 4.10. The molecule has 3 aromatic rings. The van der Waals surface area contributed by atoms with Crippen LogP contribution in [0.4, 0.5) is 0 Å². The Labute approximate surface area is 210 Å². The number of nitrogens with zero attached hydrogens (tertiary/aromatic N) is 2. The number of rotatable bonds is 7. The van der Waals surface area contributed by atoms with Gasteiger partial charge in [-0.15, -0.1) is 0 Å². The Hall–Kier alpha value is -3.85. The maximum Gasteiger partial charge on any atom is 0.295 e. The molecular formula is C26H23BrN2O6. The smallest absolute Gasteiger partial charge is 0.295 e. The summed E-state index contributed by atoms with van der Waals surface area (Å²) in [5, 5.41) is 11.2. The Morgan fingerprint density at radius 1 is 0.971 bits per heavy atom. The van der Waals surface area contributed by atoms with Crippen molar-refractivity contribution >= 4 is 33.4 Å². The normalized spacial score (nSPS) is 16.9. The predicted octanol–water partition coefficient (Wildman–Crippen LogP) is 4.49. The lowest BCUT2D eigenvalue weighted by Crippen LogP contribution is -2.29. The molecule has 1 saturated heterocycles. The summed E-state index contributed by atoms with van der Waals surface area (Å²) in [7, 11) is 4.46. The standard InChI is InChI=1S/C26H23BrN2O6/c1-33-19-12-17(13-20(34-2)25(19)35-3)22-21(23(30)16-4-6-18(27)7-5-16)24(31)26(32)29(22)14-15-8-10-28-11-9-15/h4-13,22,30H,14H2,1-3H3/b23-21+. The van der Waals surface area contributed by atoms with Gasteiger partial charge in [0.1, 0.15) is 5.76 Å². The van der Waals surface area contributed by atoms with Crippen molar-refractivity contribution in [2.75, 3.05) is 21.3 Å². The number of benzene rings is 2. The van der Waals surface area contributed by atoms with Gasteiger partial charge < -0.3 is 24.2 Å². The van der Waals surface area contributed by atoms with Crippen molar-refractivity contribution in [3.05, 3.63) is 87.7 Å². The first-order valence-corrected chi connectivity index (χ1v) is 11.4. The Kier molecular flexibility index (Phi) is 7.07. The van der Waals surface area contributed by atoms with E-state index in [1.54, 1.807) is 60.9 Å². The van der Waals surface area contributed by atoms with Crippen molar-refractivity contribution in [1.29, 1.82) is 0 Å². The largest absolute Gasteiger partial charge is 0.507 e.